The Bertz CT molecular complexity index is 595. The molecule has 0 spiro atoms. The molecule has 0 aliphatic carbocycles. The highest BCUT2D eigenvalue weighted by molar-refractivity contribution is 7.41. The zero-order valence-corrected chi connectivity index (χ0v) is 10.1. The van der Waals surface area contributed by atoms with Crippen molar-refractivity contribution in [1.29, 1.82) is 0 Å². The number of fused-ring (bicyclic) bond motifs is 1. The molecule has 0 saturated carbocycles. The maximum Gasteiger partial charge on any atom is 0.0971 e. The maximum atomic E-state index is 4.67. The van der Waals surface area contributed by atoms with E-state index in [1.807, 2.05) is 0 Å². The van der Waals surface area contributed by atoms with Gasteiger partial charge in [0.1, 0.15) is 0 Å². The predicted molar refractivity (Wildman–Crippen MR) is 69.3 cm³/mol. The summed E-state index contributed by atoms with van der Waals surface area (Å²) in [6, 6.07) is 10.7. The molecule has 74 valence electrons. The highest BCUT2D eigenvalue weighted by Gasteiger charge is 2.05. The number of nitrogens with zero attached hydrogens (tertiary/aromatic N) is 1. The monoisotopic (exact) mass is 231 g/mol. The summed E-state index contributed by atoms with van der Waals surface area (Å²) in [4.78, 5) is 5.98. The number of benzene rings is 1. The van der Waals surface area contributed by atoms with Crippen LogP contribution < -0.4 is 0 Å². The molecule has 1 nitrogen and oxygen atoms in total. The van der Waals surface area contributed by atoms with Gasteiger partial charge in [0, 0.05) is 5.12 Å². The van der Waals surface area contributed by atoms with Crippen LogP contribution in [0.15, 0.2) is 35.7 Å². The molecule has 3 rings (SSSR count). The van der Waals surface area contributed by atoms with Gasteiger partial charge in [-0.2, -0.15) is 0 Å². The van der Waals surface area contributed by atoms with Crippen LogP contribution in [0.25, 0.3) is 20.9 Å². The lowest BCUT2D eigenvalue weighted by atomic mass is 10.2. The average molecular weight is 231 g/mol. The van der Waals surface area contributed by atoms with Gasteiger partial charge in [-0.15, -0.1) is 19.5 Å². The zero-order chi connectivity index (χ0) is 10.3. The van der Waals surface area contributed by atoms with Crippen LogP contribution in [0.3, 0.4) is 0 Å². The van der Waals surface area contributed by atoms with E-state index in [0.717, 1.165) is 13.7 Å². The fourth-order valence-corrected chi connectivity index (χ4v) is 3.81. The van der Waals surface area contributed by atoms with Gasteiger partial charge in [0.2, 0.25) is 0 Å². The summed E-state index contributed by atoms with van der Waals surface area (Å²) in [5.74, 6) is 0. The summed E-state index contributed by atoms with van der Waals surface area (Å²) in [6.45, 7) is 2.13. The van der Waals surface area contributed by atoms with Crippen molar-refractivity contribution in [3.8, 4) is 10.3 Å². The molecule has 0 aliphatic rings. The number of thiophene rings is 1. The molecule has 1 atom stereocenters. The molecule has 3 aromatic rings. The summed E-state index contributed by atoms with van der Waals surface area (Å²) in [6.07, 6.45) is 0. The van der Waals surface area contributed by atoms with Gasteiger partial charge >= 0.3 is 0 Å². The summed E-state index contributed by atoms with van der Waals surface area (Å²) in [5.41, 5.74) is 3.72. The lowest BCUT2D eigenvalue weighted by molar-refractivity contribution is 1.47. The molecule has 3 heteroatoms. The maximum absolute atomic E-state index is 4.67. The van der Waals surface area contributed by atoms with Crippen LogP contribution in [-0.2, 0) is 0 Å². The highest BCUT2D eigenvalue weighted by Crippen LogP contribution is 2.36. The average Bonchev–Trinajstić information content (AvgIpc) is 2.84. The van der Waals surface area contributed by atoms with Crippen LogP contribution in [0.5, 0.6) is 0 Å². The SMILES string of the molecule is Cc1ccc2nc(-c3cccs3)[pH]c2c1. The van der Waals surface area contributed by atoms with Crippen molar-refractivity contribution in [3.63, 3.8) is 0 Å². The first kappa shape index (κ1) is 9.14. The first-order valence-corrected chi connectivity index (χ1v) is 6.71. The number of aromatic nitrogens is 1. The fourth-order valence-electron chi connectivity index (χ4n) is 1.65. The van der Waals surface area contributed by atoms with E-state index in [1.54, 1.807) is 11.3 Å². The van der Waals surface area contributed by atoms with Crippen LogP contribution in [0, 0.1) is 6.92 Å². The van der Waals surface area contributed by atoms with E-state index < -0.39 is 0 Å². The molecule has 1 aromatic carbocycles. The van der Waals surface area contributed by atoms with Crippen LogP contribution in [0.4, 0.5) is 0 Å². The molecular weight excluding hydrogens is 221 g/mol. The van der Waals surface area contributed by atoms with E-state index in [2.05, 4.69) is 47.6 Å². The minimum absolute atomic E-state index is 0.722. The van der Waals surface area contributed by atoms with Crippen molar-refractivity contribution in [2.24, 2.45) is 0 Å². The molecule has 2 heterocycles. The molecule has 0 radical (unpaired) electrons. The van der Waals surface area contributed by atoms with Gasteiger partial charge in [-0.25, -0.2) is 4.98 Å². The lowest BCUT2D eigenvalue weighted by Crippen LogP contribution is -1.71. The molecule has 0 saturated heterocycles. The third-order valence-corrected chi connectivity index (χ3v) is 4.74. The van der Waals surface area contributed by atoms with Crippen LogP contribution in [0.1, 0.15) is 5.56 Å². The van der Waals surface area contributed by atoms with E-state index in [4.69, 9.17) is 0 Å². The smallest absolute Gasteiger partial charge is 0.0971 e. The van der Waals surface area contributed by atoms with Crippen molar-refractivity contribution in [2.45, 2.75) is 6.92 Å². The molecule has 1 unspecified atom stereocenters. The van der Waals surface area contributed by atoms with Crippen molar-refractivity contribution in [3.05, 3.63) is 41.3 Å². The van der Waals surface area contributed by atoms with E-state index in [0.29, 0.717) is 0 Å². The Morgan fingerprint density at radius 2 is 2.20 bits per heavy atom. The molecule has 2 aromatic heterocycles. The van der Waals surface area contributed by atoms with Gasteiger partial charge < -0.3 is 0 Å². The first-order valence-electron chi connectivity index (χ1n) is 4.83. The molecule has 0 aliphatic heterocycles. The van der Waals surface area contributed by atoms with E-state index in [1.165, 1.54) is 21.0 Å². The third-order valence-electron chi connectivity index (χ3n) is 2.39. The van der Waals surface area contributed by atoms with Crippen LogP contribution >= 0.6 is 19.5 Å². The minimum atomic E-state index is 0.722. The van der Waals surface area contributed by atoms with Gasteiger partial charge in [0.25, 0.3) is 0 Å². The summed E-state index contributed by atoms with van der Waals surface area (Å²) >= 11 is 1.77. The van der Waals surface area contributed by atoms with Gasteiger partial charge in [-0.05, 0) is 30.5 Å². The van der Waals surface area contributed by atoms with Gasteiger partial charge in [0.15, 0.2) is 0 Å². The molecule has 0 N–H and O–H groups in total. The number of rotatable bonds is 1. The predicted octanol–water partition coefficient (Wildman–Crippen LogP) is 4.30. The second kappa shape index (κ2) is 3.48. The summed E-state index contributed by atoms with van der Waals surface area (Å²) in [7, 11) is 0.722. The Balaban J connectivity index is 2.22. The normalized spacial score (nSPS) is 11.5. The standard InChI is InChI=1S/C12H10NPS/c1-8-4-5-9-10(7-8)14-12(13-9)11-3-2-6-15-11/h2-7,14H,1H3. The van der Waals surface area contributed by atoms with Crippen LogP contribution in [0.2, 0.25) is 0 Å². The quantitative estimate of drug-likeness (QED) is 0.608. The second-order valence-electron chi connectivity index (χ2n) is 3.58. The molecule has 0 fully saturated rings. The Morgan fingerprint density at radius 1 is 1.27 bits per heavy atom. The topological polar surface area (TPSA) is 12.9 Å². The molecule has 15 heavy (non-hydrogen) atoms. The van der Waals surface area contributed by atoms with Crippen LogP contribution in [-0.4, -0.2) is 4.98 Å². The third kappa shape index (κ3) is 1.60. The van der Waals surface area contributed by atoms with Crippen molar-refractivity contribution >= 4 is 30.2 Å². The van der Waals surface area contributed by atoms with Gasteiger partial charge in [-0.3, -0.25) is 0 Å². The Morgan fingerprint density at radius 3 is 3.00 bits per heavy atom. The number of aryl methyl sites for hydroxylation is 1. The largest absolute Gasteiger partial charge is 0.243 e. The summed E-state index contributed by atoms with van der Waals surface area (Å²) < 4.78 is 0. The molecular formula is C12H10NPS. The first-order chi connectivity index (χ1) is 7.33. The Labute approximate surface area is 93.9 Å². The molecule has 0 bridgehead atoms. The number of hydrogen-bond acceptors (Lipinski definition) is 2. The van der Waals surface area contributed by atoms with E-state index in [-0.39, 0.29) is 0 Å². The van der Waals surface area contributed by atoms with Gasteiger partial charge in [-0.1, -0.05) is 17.7 Å². The van der Waals surface area contributed by atoms with Crippen molar-refractivity contribution in [2.75, 3.05) is 0 Å². The van der Waals surface area contributed by atoms with Gasteiger partial charge in [0.05, 0.1) is 15.8 Å². The van der Waals surface area contributed by atoms with E-state index in [9.17, 15) is 0 Å². The molecule has 0 amide bonds. The van der Waals surface area contributed by atoms with Crippen molar-refractivity contribution < 1.29 is 0 Å². The lowest BCUT2D eigenvalue weighted by Gasteiger charge is -1.89. The fraction of sp³-hybridized carbons (Fsp3) is 0.0833. The van der Waals surface area contributed by atoms with Crippen molar-refractivity contribution in [1.82, 2.24) is 4.98 Å². The summed E-state index contributed by atoms with van der Waals surface area (Å²) in [5, 5.41) is 3.50. The number of hydrogen-bond donors (Lipinski definition) is 0. The second-order valence-corrected chi connectivity index (χ2v) is 5.79. The highest BCUT2D eigenvalue weighted by atomic mass is 32.1. The Kier molecular flexibility index (Phi) is 2.12. The Hall–Kier alpha value is -1.11. The van der Waals surface area contributed by atoms with E-state index >= 15 is 0 Å². The minimum Gasteiger partial charge on any atom is -0.243 e. The zero-order valence-electron chi connectivity index (χ0n) is 8.32.